The molecule has 2 aromatic rings. The van der Waals surface area contributed by atoms with E-state index < -0.39 is 0 Å². The molecule has 0 saturated carbocycles. The lowest BCUT2D eigenvalue weighted by atomic mass is 10.1. The van der Waals surface area contributed by atoms with Crippen molar-refractivity contribution in [1.82, 2.24) is 15.5 Å². The van der Waals surface area contributed by atoms with E-state index in [2.05, 4.69) is 32.5 Å². The summed E-state index contributed by atoms with van der Waals surface area (Å²) in [5.41, 5.74) is 1.22. The van der Waals surface area contributed by atoms with Gasteiger partial charge < -0.3 is 19.7 Å². The van der Waals surface area contributed by atoms with Gasteiger partial charge in [0.05, 0.1) is 0 Å². The molecule has 6 nitrogen and oxygen atoms in total. The van der Waals surface area contributed by atoms with Crippen LogP contribution >= 0.6 is 0 Å². The van der Waals surface area contributed by atoms with Crippen LogP contribution in [0.25, 0.3) is 0 Å². The number of nitrogens with one attached hydrogen (secondary N) is 1. The van der Waals surface area contributed by atoms with Crippen LogP contribution in [0.15, 0.2) is 36.5 Å². The van der Waals surface area contributed by atoms with Gasteiger partial charge in [0.2, 0.25) is 0 Å². The second-order valence-corrected chi connectivity index (χ2v) is 6.23. The molecule has 1 aromatic carbocycles. The van der Waals surface area contributed by atoms with Crippen molar-refractivity contribution in [2.75, 3.05) is 31.2 Å². The van der Waals surface area contributed by atoms with Gasteiger partial charge in [-0.05, 0) is 42.7 Å². The van der Waals surface area contributed by atoms with E-state index in [0.29, 0.717) is 19.3 Å². The van der Waals surface area contributed by atoms with Gasteiger partial charge in [-0.15, -0.1) is 5.10 Å². The van der Waals surface area contributed by atoms with Crippen molar-refractivity contribution >= 4 is 5.82 Å². The topological polar surface area (TPSA) is 59.5 Å². The van der Waals surface area contributed by atoms with Gasteiger partial charge in [0.25, 0.3) is 0 Å². The fraction of sp³-hybridized carbons (Fsp3) is 0.444. The van der Waals surface area contributed by atoms with E-state index in [1.807, 2.05) is 18.2 Å². The first-order valence-electron chi connectivity index (χ1n) is 8.53. The maximum atomic E-state index is 5.65. The Hall–Kier alpha value is -2.34. The molecular formula is C18H22N4O2. The summed E-state index contributed by atoms with van der Waals surface area (Å²) in [6, 6.07) is 10.6. The second-order valence-electron chi connectivity index (χ2n) is 6.23. The summed E-state index contributed by atoms with van der Waals surface area (Å²) < 4.78 is 11.2. The van der Waals surface area contributed by atoms with Gasteiger partial charge in [-0.2, -0.15) is 5.10 Å². The van der Waals surface area contributed by atoms with E-state index >= 15 is 0 Å². The van der Waals surface area contributed by atoms with E-state index in [4.69, 9.17) is 9.47 Å². The first-order chi connectivity index (χ1) is 11.9. The first-order valence-corrected chi connectivity index (χ1v) is 8.53. The van der Waals surface area contributed by atoms with Crippen LogP contribution in [0, 0.1) is 0 Å². The molecule has 0 aliphatic carbocycles. The number of anilines is 1. The molecule has 6 heteroatoms. The summed E-state index contributed by atoms with van der Waals surface area (Å²) >= 11 is 0. The fourth-order valence-electron chi connectivity index (χ4n) is 3.27. The molecule has 1 atom stereocenters. The third kappa shape index (κ3) is 3.43. The predicted octanol–water partition coefficient (Wildman–Crippen LogP) is 2.01. The van der Waals surface area contributed by atoms with Crippen molar-refractivity contribution in [3.63, 3.8) is 0 Å². The van der Waals surface area contributed by atoms with Crippen molar-refractivity contribution < 1.29 is 9.47 Å². The molecule has 24 heavy (non-hydrogen) atoms. The summed E-state index contributed by atoms with van der Waals surface area (Å²) in [6.45, 7) is 4.09. The van der Waals surface area contributed by atoms with Crippen LogP contribution in [0.4, 0.5) is 5.82 Å². The third-order valence-corrected chi connectivity index (χ3v) is 4.51. The van der Waals surface area contributed by atoms with Crippen LogP contribution in [0.5, 0.6) is 11.5 Å². The highest BCUT2D eigenvalue weighted by molar-refractivity contribution is 5.44. The maximum absolute atomic E-state index is 5.65. The Labute approximate surface area is 141 Å². The fourth-order valence-corrected chi connectivity index (χ4v) is 3.27. The van der Waals surface area contributed by atoms with Gasteiger partial charge in [0.1, 0.15) is 13.2 Å². The van der Waals surface area contributed by atoms with Crippen molar-refractivity contribution in [3.8, 4) is 11.5 Å². The molecule has 1 N–H and O–H groups in total. The Bertz CT molecular complexity index is 680. The van der Waals surface area contributed by atoms with Crippen LogP contribution in [0.1, 0.15) is 18.4 Å². The largest absolute Gasteiger partial charge is 0.486 e. The zero-order valence-electron chi connectivity index (χ0n) is 13.6. The number of piperidine rings is 1. The number of ether oxygens (including phenoxy) is 2. The highest BCUT2D eigenvalue weighted by atomic mass is 16.6. The Balaban J connectivity index is 1.35. The molecule has 1 unspecified atom stereocenters. The average Bonchev–Trinajstić information content (AvgIpc) is 2.67. The summed E-state index contributed by atoms with van der Waals surface area (Å²) in [4.78, 5) is 2.30. The van der Waals surface area contributed by atoms with Crippen LogP contribution in [-0.4, -0.2) is 42.5 Å². The van der Waals surface area contributed by atoms with E-state index in [9.17, 15) is 0 Å². The van der Waals surface area contributed by atoms with Crippen LogP contribution in [-0.2, 0) is 6.54 Å². The molecule has 1 aromatic heterocycles. The summed E-state index contributed by atoms with van der Waals surface area (Å²) in [6.07, 6.45) is 4.06. The molecule has 0 radical (unpaired) electrons. The average molecular weight is 326 g/mol. The monoisotopic (exact) mass is 326 g/mol. The Kier molecular flexibility index (Phi) is 4.46. The van der Waals surface area contributed by atoms with Gasteiger partial charge in [0, 0.05) is 31.9 Å². The second kappa shape index (κ2) is 7.05. The molecule has 4 rings (SSSR count). The van der Waals surface area contributed by atoms with E-state index in [1.54, 1.807) is 6.20 Å². The summed E-state index contributed by atoms with van der Waals surface area (Å²) in [5, 5.41) is 11.9. The number of fused-ring (bicyclic) bond motifs is 1. The smallest absolute Gasteiger partial charge is 0.161 e. The highest BCUT2D eigenvalue weighted by Gasteiger charge is 2.21. The number of hydrogen-bond acceptors (Lipinski definition) is 6. The SMILES string of the molecule is c1cnnc(N2CCCC(NCc3ccc4c(c3)OCCO4)C2)c1. The van der Waals surface area contributed by atoms with Gasteiger partial charge in [-0.25, -0.2) is 0 Å². The lowest BCUT2D eigenvalue weighted by molar-refractivity contribution is 0.171. The van der Waals surface area contributed by atoms with Gasteiger partial charge in [0.15, 0.2) is 17.3 Å². The van der Waals surface area contributed by atoms with E-state index in [-0.39, 0.29) is 0 Å². The van der Waals surface area contributed by atoms with E-state index in [0.717, 1.165) is 43.4 Å². The summed E-state index contributed by atoms with van der Waals surface area (Å²) in [7, 11) is 0. The molecule has 0 spiro atoms. The van der Waals surface area contributed by atoms with Gasteiger partial charge in [-0.1, -0.05) is 6.07 Å². The minimum atomic E-state index is 0.453. The van der Waals surface area contributed by atoms with Crippen LogP contribution in [0.2, 0.25) is 0 Å². The Morgan fingerprint density at radius 1 is 1.17 bits per heavy atom. The number of nitrogens with zero attached hydrogens (tertiary/aromatic N) is 3. The molecular weight excluding hydrogens is 304 g/mol. The Morgan fingerprint density at radius 3 is 2.96 bits per heavy atom. The van der Waals surface area contributed by atoms with Crippen molar-refractivity contribution in [1.29, 1.82) is 0 Å². The van der Waals surface area contributed by atoms with Crippen molar-refractivity contribution in [2.45, 2.75) is 25.4 Å². The van der Waals surface area contributed by atoms with E-state index in [1.165, 1.54) is 12.0 Å². The lowest BCUT2D eigenvalue weighted by Crippen LogP contribution is -2.45. The molecule has 0 amide bonds. The standard InChI is InChI=1S/C18H22N4O2/c1-4-18(21-20-7-1)22-8-2-3-15(13-22)19-12-14-5-6-16-17(11-14)24-10-9-23-16/h1,4-7,11,15,19H,2-3,8-10,12-13H2. The predicted molar refractivity (Wildman–Crippen MR) is 91.5 cm³/mol. The number of hydrogen-bond donors (Lipinski definition) is 1. The van der Waals surface area contributed by atoms with Crippen molar-refractivity contribution in [2.24, 2.45) is 0 Å². The molecule has 2 aliphatic heterocycles. The zero-order valence-corrected chi connectivity index (χ0v) is 13.6. The minimum Gasteiger partial charge on any atom is -0.486 e. The van der Waals surface area contributed by atoms with Crippen LogP contribution in [0.3, 0.4) is 0 Å². The van der Waals surface area contributed by atoms with Gasteiger partial charge >= 0.3 is 0 Å². The zero-order chi connectivity index (χ0) is 16.2. The van der Waals surface area contributed by atoms with Gasteiger partial charge in [-0.3, -0.25) is 0 Å². The number of aromatic nitrogens is 2. The minimum absolute atomic E-state index is 0.453. The number of rotatable bonds is 4. The lowest BCUT2D eigenvalue weighted by Gasteiger charge is -2.33. The summed E-state index contributed by atoms with van der Waals surface area (Å²) in [5.74, 6) is 2.66. The third-order valence-electron chi connectivity index (χ3n) is 4.51. The molecule has 1 saturated heterocycles. The normalized spacial score (nSPS) is 20.0. The maximum Gasteiger partial charge on any atom is 0.161 e. The molecule has 1 fully saturated rings. The molecule has 2 aliphatic rings. The number of benzene rings is 1. The Morgan fingerprint density at radius 2 is 2.08 bits per heavy atom. The highest BCUT2D eigenvalue weighted by Crippen LogP contribution is 2.30. The molecule has 3 heterocycles. The quantitative estimate of drug-likeness (QED) is 0.927. The van der Waals surface area contributed by atoms with Crippen LogP contribution < -0.4 is 19.7 Å². The molecule has 0 bridgehead atoms. The molecule has 126 valence electrons. The van der Waals surface area contributed by atoms with Crippen molar-refractivity contribution in [3.05, 3.63) is 42.1 Å². The first kappa shape index (κ1) is 15.2.